The van der Waals surface area contributed by atoms with Crippen molar-refractivity contribution in [1.29, 1.82) is 0 Å². The molecular weight excluding hydrogens is 210 g/mol. The van der Waals surface area contributed by atoms with Crippen LogP contribution in [0.25, 0.3) is 0 Å². The molecule has 3 nitrogen and oxygen atoms in total. The summed E-state index contributed by atoms with van der Waals surface area (Å²) in [7, 11) is 4.07. The number of rotatable bonds is 8. The van der Waals surface area contributed by atoms with Crippen LogP contribution in [0.15, 0.2) is 30.9 Å². The number of allylic oxidation sites excluding steroid dienone is 1. The molecule has 17 heavy (non-hydrogen) atoms. The second-order valence-corrected chi connectivity index (χ2v) is 4.32. The highest BCUT2D eigenvalue weighted by Crippen LogP contribution is 2.04. The van der Waals surface area contributed by atoms with Crippen LogP contribution in [0.3, 0.4) is 0 Å². The topological polar surface area (TPSA) is 28.2 Å². The maximum absolute atomic E-state index is 4.61. The van der Waals surface area contributed by atoms with Gasteiger partial charge in [0.25, 0.3) is 0 Å². The van der Waals surface area contributed by atoms with Gasteiger partial charge in [-0.05, 0) is 45.6 Å². The number of nitrogens with one attached hydrogen (secondary N) is 1. The summed E-state index contributed by atoms with van der Waals surface area (Å²) in [6, 6.07) is 6.22. The van der Waals surface area contributed by atoms with E-state index in [0.29, 0.717) is 0 Å². The molecule has 0 aromatic carbocycles. The third kappa shape index (κ3) is 5.61. The summed E-state index contributed by atoms with van der Waals surface area (Å²) in [6.45, 7) is 6.56. The van der Waals surface area contributed by atoms with Crippen LogP contribution in [0.1, 0.15) is 24.2 Å². The molecule has 1 rings (SSSR count). The Morgan fingerprint density at radius 3 is 2.88 bits per heavy atom. The molecule has 0 aliphatic rings. The fourth-order valence-corrected chi connectivity index (χ4v) is 1.76. The molecule has 0 radical (unpaired) electrons. The van der Waals surface area contributed by atoms with Crippen LogP contribution in [0.2, 0.25) is 0 Å². The van der Waals surface area contributed by atoms with Crippen LogP contribution in [0.5, 0.6) is 0 Å². The van der Waals surface area contributed by atoms with Crippen molar-refractivity contribution in [2.24, 2.45) is 0 Å². The highest BCUT2D eigenvalue weighted by atomic mass is 15.1. The third-order valence-corrected chi connectivity index (χ3v) is 2.60. The highest BCUT2D eigenvalue weighted by Gasteiger charge is 2.02. The maximum Gasteiger partial charge on any atom is 0.0547 e. The van der Waals surface area contributed by atoms with E-state index in [9.17, 15) is 0 Å². The molecule has 3 heteroatoms. The zero-order valence-electron chi connectivity index (χ0n) is 10.9. The highest BCUT2D eigenvalue weighted by molar-refractivity contribution is 5.11. The Balaban J connectivity index is 2.43. The van der Waals surface area contributed by atoms with Crippen LogP contribution >= 0.6 is 0 Å². The van der Waals surface area contributed by atoms with Gasteiger partial charge in [-0.1, -0.05) is 12.1 Å². The van der Waals surface area contributed by atoms with Crippen molar-refractivity contribution in [3.8, 4) is 0 Å². The van der Waals surface area contributed by atoms with Crippen LogP contribution in [-0.4, -0.2) is 30.5 Å². The Morgan fingerprint density at radius 2 is 2.18 bits per heavy atom. The summed E-state index contributed by atoms with van der Waals surface area (Å²) >= 11 is 0. The Labute approximate surface area is 105 Å². The van der Waals surface area contributed by atoms with Crippen molar-refractivity contribution in [3.05, 3.63) is 42.2 Å². The van der Waals surface area contributed by atoms with E-state index in [4.69, 9.17) is 0 Å². The number of unbranched alkanes of at least 4 members (excludes halogenated alkanes) is 1. The molecule has 1 aromatic rings. The monoisotopic (exact) mass is 233 g/mol. The second-order valence-electron chi connectivity index (χ2n) is 4.32. The maximum atomic E-state index is 4.61. The third-order valence-electron chi connectivity index (χ3n) is 2.60. The second kappa shape index (κ2) is 7.98. The summed E-state index contributed by atoms with van der Waals surface area (Å²) in [5.74, 6) is 0. The molecule has 1 aromatic heterocycles. The molecule has 1 heterocycles. The minimum Gasteiger partial charge on any atom is -0.314 e. The molecule has 0 atom stereocenters. The molecule has 0 aliphatic heterocycles. The predicted octanol–water partition coefficient (Wildman–Crippen LogP) is 2.20. The van der Waals surface area contributed by atoms with Gasteiger partial charge in [0.1, 0.15) is 0 Å². The van der Waals surface area contributed by atoms with Gasteiger partial charge in [-0.25, -0.2) is 0 Å². The van der Waals surface area contributed by atoms with Crippen molar-refractivity contribution in [3.63, 3.8) is 0 Å². The predicted molar refractivity (Wildman–Crippen MR) is 72.8 cm³/mol. The Kier molecular flexibility index (Phi) is 6.51. The lowest BCUT2D eigenvalue weighted by atomic mass is 10.2. The first kappa shape index (κ1) is 13.9. The smallest absolute Gasteiger partial charge is 0.0547 e. The van der Waals surface area contributed by atoms with Gasteiger partial charge in [0.15, 0.2) is 0 Å². The minimum atomic E-state index is 0.827. The average Bonchev–Trinajstić information content (AvgIpc) is 2.30. The fourth-order valence-electron chi connectivity index (χ4n) is 1.76. The van der Waals surface area contributed by atoms with Gasteiger partial charge in [-0.3, -0.25) is 4.98 Å². The zero-order valence-corrected chi connectivity index (χ0v) is 10.9. The molecule has 0 fully saturated rings. The van der Waals surface area contributed by atoms with E-state index in [-0.39, 0.29) is 0 Å². The Morgan fingerprint density at radius 1 is 1.41 bits per heavy atom. The summed E-state index contributed by atoms with van der Waals surface area (Å²) in [4.78, 5) is 6.91. The van der Waals surface area contributed by atoms with E-state index in [2.05, 4.69) is 47.0 Å². The number of hydrogen-bond donors (Lipinski definition) is 1. The van der Waals surface area contributed by atoms with E-state index in [1.165, 1.54) is 0 Å². The minimum absolute atomic E-state index is 0.827. The van der Waals surface area contributed by atoms with Gasteiger partial charge in [-0.2, -0.15) is 0 Å². The van der Waals surface area contributed by atoms with Gasteiger partial charge in [0.2, 0.25) is 0 Å². The quantitative estimate of drug-likeness (QED) is 0.551. The van der Waals surface area contributed by atoms with E-state index in [1.54, 1.807) is 0 Å². The first-order chi connectivity index (χ1) is 8.26. The first-order valence-corrected chi connectivity index (χ1v) is 6.15. The molecule has 1 N–H and O–H groups in total. The van der Waals surface area contributed by atoms with E-state index < -0.39 is 0 Å². The van der Waals surface area contributed by atoms with Gasteiger partial charge in [0.05, 0.1) is 11.4 Å². The van der Waals surface area contributed by atoms with Gasteiger partial charge >= 0.3 is 0 Å². The van der Waals surface area contributed by atoms with Gasteiger partial charge in [0, 0.05) is 13.1 Å². The van der Waals surface area contributed by atoms with E-state index in [1.807, 2.05) is 13.1 Å². The van der Waals surface area contributed by atoms with Crippen molar-refractivity contribution in [2.45, 2.75) is 25.9 Å². The van der Waals surface area contributed by atoms with Crippen molar-refractivity contribution >= 4 is 0 Å². The Bertz CT molecular complexity index is 336. The molecule has 0 saturated carbocycles. The first-order valence-electron chi connectivity index (χ1n) is 6.15. The van der Waals surface area contributed by atoms with Gasteiger partial charge < -0.3 is 10.2 Å². The number of hydrogen-bond acceptors (Lipinski definition) is 3. The lowest BCUT2D eigenvalue weighted by Crippen LogP contribution is -2.20. The SMILES string of the molecule is C=CCCCN(C)Cc1cccc(CNC)n1. The fraction of sp³-hybridized carbons (Fsp3) is 0.500. The van der Waals surface area contributed by atoms with Gasteiger partial charge in [-0.15, -0.1) is 6.58 Å². The molecule has 0 amide bonds. The summed E-state index contributed by atoms with van der Waals surface area (Å²) in [6.07, 6.45) is 4.22. The lowest BCUT2D eigenvalue weighted by molar-refractivity contribution is 0.319. The molecule has 0 spiro atoms. The molecular formula is C14H23N3. The van der Waals surface area contributed by atoms with Crippen molar-refractivity contribution in [1.82, 2.24) is 15.2 Å². The average molecular weight is 233 g/mol. The number of pyridine rings is 1. The molecule has 0 saturated heterocycles. The normalized spacial score (nSPS) is 10.8. The Hall–Kier alpha value is -1.19. The zero-order chi connectivity index (χ0) is 12.5. The van der Waals surface area contributed by atoms with E-state index >= 15 is 0 Å². The van der Waals surface area contributed by atoms with Crippen LogP contribution in [0, 0.1) is 0 Å². The summed E-state index contributed by atoms with van der Waals surface area (Å²) in [5, 5.41) is 3.12. The molecule has 94 valence electrons. The number of nitrogens with zero attached hydrogens (tertiary/aromatic N) is 2. The van der Waals surface area contributed by atoms with E-state index in [0.717, 1.165) is 43.9 Å². The summed E-state index contributed by atoms with van der Waals surface area (Å²) < 4.78 is 0. The largest absolute Gasteiger partial charge is 0.314 e. The van der Waals surface area contributed by atoms with Crippen molar-refractivity contribution < 1.29 is 0 Å². The number of aromatic nitrogens is 1. The van der Waals surface area contributed by atoms with Crippen LogP contribution in [-0.2, 0) is 13.1 Å². The molecule has 0 bridgehead atoms. The molecule has 0 unspecified atom stereocenters. The van der Waals surface area contributed by atoms with Crippen molar-refractivity contribution in [2.75, 3.05) is 20.6 Å². The lowest BCUT2D eigenvalue weighted by Gasteiger charge is -2.15. The van der Waals surface area contributed by atoms with Crippen LogP contribution < -0.4 is 5.32 Å². The summed E-state index contributed by atoms with van der Waals surface area (Å²) in [5.41, 5.74) is 2.24. The standard InChI is InChI=1S/C14H23N3/c1-4-5-6-10-17(3)12-14-9-7-8-13(16-14)11-15-2/h4,7-9,15H,1,5-6,10-12H2,2-3H3. The van der Waals surface area contributed by atoms with Crippen LogP contribution in [0.4, 0.5) is 0 Å². The molecule has 0 aliphatic carbocycles.